The SMILES string of the molecule is Cc1ccc2ccc3cc(C)c(C)cc3c2c1. The van der Waals surface area contributed by atoms with Gasteiger partial charge in [-0.1, -0.05) is 48.0 Å². The zero-order valence-corrected chi connectivity index (χ0v) is 10.5. The molecule has 0 radical (unpaired) electrons. The summed E-state index contributed by atoms with van der Waals surface area (Å²) >= 11 is 0. The fourth-order valence-electron chi connectivity index (χ4n) is 2.44. The summed E-state index contributed by atoms with van der Waals surface area (Å²) in [5.41, 5.74) is 4.05. The summed E-state index contributed by atoms with van der Waals surface area (Å²) in [6.45, 7) is 6.51. The number of rotatable bonds is 0. The van der Waals surface area contributed by atoms with E-state index in [4.69, 9.17) is 0 Å². The Morgan fingerprint density at radius 1 is 0.588 bits per heavy atom. The molecule has 0 unspecified atom stereocenters. The molecule has 0 spiro atoms. The van der Waals surface area contributed by atoms with Gasteiger partial charge in [-0.2, -0.15) is 0 Å². The van der Waals surface area contributed by atoms with E-state index in [0.717, 1.165) is 0 Å². The van der Waals surface area contributed by atoms with Crippen molar-refractivity contribution in [3.63, 3.8) is 0 Å². The lowest BCUT2D eigenvalue weighted by Gasteiger charge is -2.08. The number of hydrogen-bond donors (Lipinski definition) is 0. The molecule has 0 heteroatoms. The highest BCUT2D eigenvalue weighted by atomic mass is 14.1. The van der Waals surface area contributed by atoms with Crippen LogP contribution >= 0.6 is 0 Å². The van der Waals surface area contributed by atoms with Gasteiger partial charge in [0.05, 0.1) is 0 Å². The number of benzene rings is 3. The van der Waals surface area contributed by atoms with Crippen molar-refractivity contribution in [2.24, 2.45) is 0 Å². The molecule has 17 heavy (non-hydrogen) atoms. The Labute approximate surface area is 102 Å². The van der Waals surface area contributed by atoms with Crippen molar-refractivity contribution in [1.29, 1.82) is 0 Å². The number of aryl methyl sites for hydroxylation is 3. The standard InChI is InChI=1S/C17H16/c1-11-4-5-14-6-7-15-9-12(2)13(3)10-17(15)16(14)8-11/h4-10H,1-3H3. The minimum absolute atomic E-state index is 1.32. The van der Waals surface area contributed by atoms with Crippen LogP contribution in [-0.4, -0.2) is 0 Å². The molecule has 3 aromatic rings. The third kappa shape index (κ3) is 1.61. The van der Waals surface area contributed by atoms with Crippen LogP contribution in [0, 0.1) is 20.8 Å². The highest BCUT2D eigenvalue weighted by Crippen LogP contribution is 2.28. The Morgan fingerprint density at radius 3 is 2.00 bits per heavy atom. The highest BCUT2D eigenvalue weighted by molar-refractivity contribution is 6.08. The van der Waals surface area contributed by atoms with Crippen molar-refractivity contribution >= 4 is 21.5 Å². The van der Waals surface area contributed by atoms with Crippen LogP contribution in [-0.2, 0) is 0 Å². The van der Waals surface area contributed by atoms with Crippen LogP contribution in [0.3, 0.4) is 0 Å². The summed E-state index contributed by atoms with van der Waals surface area (Å²) in [6.07, 6.45) is 0. The minimum atomic E-state index is 1.32. The van der Waals surface area contributed by atoms with Gasteiger partial charge in [-0.3, -0.25) is 0 Å². The predicted molar refractivity (Wildman–Crippen MR) is 75.7 cm³/mol. The first-order valence-corrected chi connectivity index (χ1v) is 6.05. The van der Waals surface area contributed by atoms with Crippen LogP contribution in [0.25, 0.3) is 21.5 Å². The largest absolute Gasteiger partial charge is 0.0587 e. The van der Waals surface area contributed by atoms with Gasteiger partial charge in [0.1, 0.15) is 0 Å². The third-order valence-corrected chi connectivity index (χ3v) is 3.61. The van der Waals surface area contributed by atoms with Gasteiger partial charge in [-0.15, -0.1) is 0 Å². The molecular formula is C17H16. The van der Waals surface area contributed by atoms with Crippen LogP contribution in [0.4, 0.5) is 0 Å². The first-order valence-electron chi connectivity index (χ1n) is 6.05. The molecule has 0 atom stereocenters. The molecule has 0 aliphatic rings. The van der Waals surface area contributed by atoms with Gasteiger partial charge in [0.2, 0.25) is 0 Å². The van der Waals surface area contributed by atoms with Gasteiger partial charge in [0.25, 0.3) is 0 Å². The van der Waals surface area contributed by atoms with Crippen molar-refractivity contribution in [3.8, 4) is 0 Å². The monoisotopic (exact) mass is 220 g/mol. The second kappa shape index (κ2) is 3.59. The normalized spacial score (nSPS) is 11.2. The number of hydrogen-bond acceptors (Lipinski definition) is 0. The molecule has 0 saturated heterocycles. The highest BCUT2D eigenvalue weighted by Gasteiger charge is 2.03. The third-order valence-electron chi connectivity index (χ3n) is 3.61. The van der Waals surface area contributed by atoms with Gasteiger partial charge >= 0.3 is 0 Å². The second-order valence-corrected chi connectivity index (χ2v) is 4.95. The molecule has 0 N–H and O–H groups in total. The molecule has 0 bridgehead atoms. The van der Waals surface area contributed by atoms with E-state index in [2.05, 4.69) is 63.2 Å². The van der Waals surface area contributed by atoms with Crippen molar-refractivity contribution in [2.75, 3.05) is 0 Å². The van der Waals surface area contributed by atoms with E-state index in [1.807, 2.05) is 0 Å². The van der Waals surface area contributed by atoms with Crippen LogP contribution in [0.2, 0.25) is 0 Å². The molecule has 0 nitrogen and oxygen atoms in total. The fourth-order valence-corrected chi connectivity index (χ4v) is 2.44. The van der Waals surface area contributed by atoms with E-state index in [0.29, 0.717) is 0 Å². The summed E-state index contributed by atoms with van der Waals surface area (Å²) in [5.74, 6) is 0. The summed E-state index contributed by atoms with van der Waals surface area (Å²) in [4.78, 5) is 0. The molecular weight excluding hydrogens is 204 g/mol. The molecule has 0 aliphatic heterocycles. The molecule has 0 saturated carbocycles. The Hall–Kier alpha value is -1.82. The lowest BCUT2D eigenvalue weighted by molar-refractivity contribution is 1.37. The molecule has 84 valence electrons. The van der Waals surface area contributed by atoms with E-state index < -0.39 is 0 Å². The van der Waals surface area contributed by atoms with Gasteiger partial charge in [0.15, 0.2) is 0 Å². The maximum absolute atomic E-state index is 2.31. The van der Waals surface area contributed by atoms with Gasteiger partial charge in [0, 0.05) is 0 Å². The average molecular weight is 220 g/mol. The number of fused-ring (bicyclic) bond motifs is 3. The van der Waals surface area contributed by atoms with E-state index in [1.165, 1.54) is 38.2 Å². The smallest absolute Gasteiger partial charge is 0.0102 e. The molecule has 0 fully saturated rings. The Morgan fingerprint density at radius 2 is 1.18 bits per heavy atom. The Balaban J connectivity index is 2.53. The molecule has 0 aromatic heterocycles. The lowest BCUT2D eigenvalue weighted by Crippen LogP contribution is -1.84. The lowest BCUT2D eigenvalue weighted by atomic mass is 9.97. The van der Waals surface area contributed by atoms with Crippen molar-refractivity contribution in [3.05, 3.63) is 59.2 Å². The minimum Gasteiger partial charge on any atom is -0.0587 e. The predicted octanol–water partition coefficient (Wildman–Crippen LogP) is 4.92. The van der Waals surface area contributed by atoms with Crippen molar-refractivity contribution in [2.45, 2.75) is 20.8 Å². The molecule has 0 aliphatic carbocycles. The first-order chi connectivity index (χ1) is 8.15. The molecule has 0 heterocycles. The van der Waals surface area contributed by atoms with Crippen molar-refractivity contribution in [1.82, 2.24) is 0 Å². The average Bonchev–Trinajstić information content (AvgIpc) is 2.31. The molecule has 3 rings (SSSR count). The second-order valence-electron chi connectivity index (χ2n) is 4.95. The van der Waals surface area contributed by atoms with Gasteiger partial charge in [-0.25, -0.2) is 0 Å². The summed E-state index contributed by atoms with van der Waals surface area (Å²) in [6, 6.07) is 15.7. The summed E-state index contributed by atoms with van der Waals surface area (Å²) in [7, 11) is 0. The quantitative estimate of drug-likeness (QED) is 0.472. The van der Waals surface area contributed by atoms with Crippen LogP contribution in [0.1, 0.15) is 16.7 Å². The Bertz CT molecular complexity index is 721. The molecule has 0 amide bonds. The van der Waals surface area contributed by atoms with Crippen LogP contribution in [0.15, 0.2) is 42.5 Å². The fraction of sp³-hybridized carbons (Fsp3) is 0.176. The topological polar surface area (TPSA) is 0 Å². The van der Waals surface area contributed by atoms with E-state index >= 15 is 0 Å². The zero-order valence-electron chi connectivity index (χ0n) is 10.5. The van der Waals surface area contributed by atoms with E-state index in [9.17, 15) is 0 Å². The van der Waals surface area contributed by atoms with Crippen molar-refractivity contribution < 1.29 is 0 Å². The molecule has 3 aromatic carbocycles. The maximum Gasteiger partial charge on any atom is -0.0102 e. The van der Waals surface area contributed by atoms with Crippen LogP contribution in [0.5, 0.6) is 0 Å². The van der Waals surface area contributed by atoms with Gasteiger partial charge in [-0.05, 0) is 53.4 Å². The van der Waals surface area contributed by atoms with Gasteiger partial charge < -0.3 is 0 Å². The maximum atomic E-state index is 2.31. The van der Waals surface area contributed by atoms with Crippen LogP contribution < -0.4 is 0 Å². The summed E-state index contributed by atoms with van der Waals surface area (Å²) in [5, 5.41) is 5.40. The van der Waals surface area contributed by atoms with E-state index in [-0.39, 0.29) is 0 Å². The first kappa shape index (κ1) is 10.3. The Kier molecular flexibility index (Phi) is 2.19. The summed E-state index contributed by atoms with van der Waals surface area (Å²) < 4.78 is 0. The van der Waals surface area contributed by atoms with E-state index in [1.54, 1.807) is 0 Å². The zero-order chi connectivity index (χ0) is 12.0.